The minimum absolute atomic E-state index is 0.0976. The Morgan fingerprint density at radius 3 is 2.50 bits per heavy atom. The molecule has 4 rings (SSSR count). The monoisotopic (exact) mass is 406 g/mol. The number of aliphatic hydroxyl groups is 1. The number of aromatic nitrogens is 1. The number of carbonyl (C=O) groups is 2. The largest absolute Gasteiger partial charge is 0.507 e. The van der Waals surface area contributed by atoms with Crippen molar-refractivity contribution in [3.63, 3.8) is 0 Å². The van der Waals surface area contributed by atoms with E-state index < -0.39 is 17.7 Å². The minimum Gasteiger partial charge on any atom is -0.507 e. The Balaban J connectivity index is 1.97. The Morgan fingerprint density at radius 2 is 1.87 bits per heavy atom. The van der Waals surface area contributed by atoms with Crippen LogP contribution in [0.2, 0.25) is 0 Å². The number of ketones is 1. The minimum atomic E-state index is -0.996. The molecule has 0 radical (unpaired) electrons. The Kier molecular flexibility index (Phi) is 4.75. The van der Waals surface area contributed by atoms with Crippen molar-refractivity contribution < 1.29 is 29.1 Å². The number of hydrogen-bond donors (Lipinski definition) is 2. The first kappa shape index (κ1) is 19.3. The molecule has 1 saturated heterocycles. The van der Waals surface area contributed by atoms with Crippen molar-refractivity contribution in [1.29, 1.82) is 0 Å². The zero-order valence-electron chi connectivity index (χ0n) is 16.2. The number of benzene rings is 2. The molecular formula is C22H18N2O6. The number of aromatic hydroxyl groups is 1. The molecule has 1 aromatic heterocycles. The van der Waals surface area contributed by atoms with Gasteiger partial charge < -0.3 is 19.5 Å². The summed E-state index contributed by atoms with van der Waals surface area (Å²) in [6, 6.07) is 13.4. The summed E-state index contributed by atoms with van der Waals surface area (Å²) < 4.78 is 10.3. The van der Waals surface area contributed by atoms with E-state index in [2.05, 4.69) is 5.16 Å². The van der Waals surface area contributed by atoms with E-state index in [-0.39, 0.29) is 28.6 Å². The van der Waals surface area contributed by atoms with Crippen LogP contribution in [0.15, 0.2) is 64.7 Å². The lowest BCUT2D eigenvalue weighted by Crippen LogP contribution is -2.29. The van der Waals surface area contributed by atoms with E-state index in [0.717, 1.165) is 0 Å². The van der Waals surface area contributed by atoms with Gasteiger partial charge in [0, 0.05) is 11.6 Å². The number of anilines is 1. The number of carbonyl (C=O) groups excluding carboxylic acids is 2. The summed E-state index contributed by atoms with van der Waals surface area (Å²) in [5.41, 5.74) is 0.740. The lowest BCUT2D eigenvalue weighted by molar-refractivity contribution is -0.132. The van der Waals surface area contributed by atoms with E-state index in [4.69, 9.17) is 9.26 Å². The molecule has 1 aliphatic rings. The highest BCUT2D eigenvalue weighted by Gasteiger charge is 2.48. The lowest BCUT2D eigenvalue weighted by atomic mass is 9.95. The molecule has 0 spiro atoms. The van der Waals surface area contributed by atoms with Crippen LogP contribution < -0.4 is 9.64 Å². The van der Waals surface area contributed by atoms with Crippen LogP contribution in [-0.4, -0.2) is 34.2 Å². The van der Waals surface area contributed by atoms with E-state index in [0.29, 0.717) is 16.9 Å². The zero-order valence-corrected chi connectivity index (χ0v) is 16.2. The summed E-state index contributed by atoms with van der Waals surface area (Å²) in [7, 11) is 1.39. The summed E-state index contributed by atoms with van der Waals surface area (Å²) in [6.07, 6.45) is 0. The first-order valence-corrected chi connectivity index (χ1v) is 9.09. The van der Waals surface area contributed by atoms with Crippen LogP contribution >= 0.6 is 0 Å². The smallest absolute Gasteiger partial charge is 0.301 e. The average molecular weight is 406 g/mol. The molecule has 1 aliphatic heterocycles. The second-order valence-electron chi connectivity index (χ2n) is 6.76. The SMILES string of the molecule is COc1cc([C@@H]2C(=C(O)c3ccccc3)C(=O)C(=O)N2c2cc(C)on2)ccc1O. The second kappa shape index (κ2) is 7.40. The third kappa shape index (κ3) is 3.08. The van der Waals surface area contributed by atoms with E-state index in [1.165, 1.54) is 30.2 Å². The fourth-order valence-corrected chi connectivity index (χ4v) is 3.47. The van der Waals surface area contributed by atoms with Crippen molar-refractivity contribution in [3.8, 4) is 11.5 Å². The number of methoxy groups -OCH3 is 1. The Hall–Kier alpha value is -4.07. The van der Waals surface area contributed by atoms with Gasteiger partial charge in [0.1, 0.15) is 11.5 Å². The Bertz CT molecular complexity index is 1170. The number of amides is 1. The van der Waals surface area contributed by atoms with Gasteiger partial charge in [-0.2, -0.15) is 0 Å². The molecule has 1 amide bonds. The number of hydrogen-bond acceptors (Lipinski definition) is 7. The molecule has 2 heterocycles. The molecule has 30 heavy (non-hydrogen) atoms. The van der Waals surface area contributed by atoms with Crippen molar-refractivity contribution >= 4 is 23.3 Å². The maximum atomic E-state index is 13.0. The third-order valence-electron chi connectivity index (χ3n) is 4.87. The summed E-state index contributed by atoms with van der Waals surface area (Å²) in [5.74, 6) is -1.36. The summed E-state index contributed by atoms with van der Waals surface area (Å²) >= 11 is 0. The standard InChI is InChI=1S/C22H18N2O6/c1-12-10-17(23-30-12)24-19(14-8-9-15(25)16(11-14)29-2)18(21(27)22(24)28)20(26)13-6-4-3-5-7-13/h3-11,19,25-26H,1-2H3/t19-/m1/s1. The van der Waals surface area contributed by atoms with E-state index in [1.807, 2.05) is 0 Å². The van der Waals surface area contributed by atoms with Gasteiger partial charge in [-0.1, -0.05) is 41.6 Å². The van der Waals surface area contributed by atoms with Crippen molar-refractivity contribution in [2.75, 3.05) is 12.0 Å². The van der Waals surface area contributed by atoms with Crippen LogP contribution in [0.3, 0.4) is 0 Å². The highest BCUT2D eigenvalue weighted by atomic mass is 16.5. The number of nitrogens with zero attached hydrogens (tertiary/aromatic N) is 2. The van der Waals surface area contributed by atoms with Gasteiger partial charge in [-0.15, -0.1) is 0 Å². The van der Waals surface area contributed by atoms with Crippen LogP contribution in [0, 0.1) is 6.92 Å². The van der Waals surface area contributed by atoms with Gasteiger partial charge in [0.2, 0.25) is 0 Å². The lowest BCUT2D eigenvalue weighted by Gasteiger charge is -2.23. The van der Waals surface area contributed by atoms with E-state index in [9.17, 15) is 19.8 Å². The second-order valence-corrected chi connectivity index (χ2v) is 6.76. The van der Waals surface area contributed by atoms with E-state index >= 15 is 0 Å². The normalized spacial score (nSPS) is 18.1. The Labute approximate surface area is 171 Å². The fourth-order valence-electron chi connectivity index (χ4n) is 3.47. The van der Waals surface area contributed by atoms with Gasteiger partial charge in [-0.3, -0.25) is 14.5 Å². The fraction of sp³-hybridized carbons (Fsp3) is 0.136. The average Bonchev–Trinajstić information content (AvgIpc) is 3.29. The van der Waals surface area contributed by atoms with Crippen molar-refractivity contribution in [3.05, 3.63) is 77.1 Å². The van der Waals surface area contributed by atoms with Crippen LogP contribution in [0.1, 0.15) is 22.9 Å². The number of rotatable bonds is 4. The van der Waals surface area contributed by atoms with Gasteiger partial charge in [0.15, 0.2) is 17.3 Å². The molecule has 2 aromatic carbocycles. The molecule has 0 aliphatic carbocycles. The summed E-state index contributed by atoms with van der Waals surface area (Å²) in [4.78, 5) is 27.1. The number of Topliss-reactive ketones (excluding diaryl/α,β-unsaturated/α-hetero) is 1. The molecule has 1 fully saturated rings. The number of phenolic OH excluding ortho intramolecular Hbond substituents is 1. The summed E-state index contributed by atoms with van der Waals surface area (Å²) in [5, 5.41) is 24.8. The van der Waals surface area contributed by atoms with Crippen molar-refractivity contribution in [2.24, 2.45) is 0 Å². The molecule has 0 saturated carbocycles. The number of phenols is 1. The highest BCUT2D eigenvalue weighted by molar-refractivity contribution is 6.51. The first-order chi connectivity index (χ1) is 14.4. The molecule has 8 nitrogen and oxygen atoms in total. The number of ether oxygens (including phenoxy) is 1. The zero-order chi connectivity index (χ0) is 21.4. The molecule has 2 N–H and O–H groups in total. The molecule has 0 unspecified atom stereocenters. The highest BCUT2D eigenvalue weighted by Crippen LogP contribution is 2.43. The van der Waals surface area contributed by atoms with Crippen molar-refractivity contribution in [1.82, 2.24) is 5.16 Å². The van der Waals surface area contributed by atoms with Gasteiger partial charge in [-0.25, -0.2) is 0 Å². The molecule has 8 heteroatoms. The van der Waals surface area contributed by atoms with Crippen LogP contribution in [0.5, 0.6) is 11.5 Å². The topological polar surface area (TPSA) is 113 Å². The molecular weight excluding hydrogens is 388 g/mol. The van der Waals surface area contributed by atoms with Gasteiger partial charge in [0.25, 0.3) is 5.78 Å². The molecule has 1 atom stereocenters. The molecule has 3 aromatic rings. The predicted octanol–water partition coefficient (Wildman–Crippen LogP) is 3.32. The molecule has 152 valence electrons. The number of aliphatic hydroxyl groups excluding tert-OH is 1. The maximum absolute atomic E-state index is 13.0. The van der Waals surface area contributed by atoms with Crippen LogP contribution in [-0.2, 0) is 9.59 Å². The van der Waals surface area contributed by atoms with Crippen molar-refractivity contribution in [2.45, 2.75) is 13.0 Å². The number of aryl methyl sites for hydroxylation is 1. The van der Waals surface area contributed by atoms with Gasteiger partial charge in [-0.05, 0) is 24.6 Å². The van der Waals surface area contributed by atoms with Gasteiger partial charge >= 0.3 is 5.91 Å². The van der Waals surface area contributed by atoms with Crippen LogP contribution in [0.4, 0.5) is 5.82 Å². The summed E-state index contributed by atoms with van der Waals surface area (Å²) in [6.45, 7) is 1.66. The first-order valence-electron chi connectivity index (χ1n) is 9.09. The van der Waals surface area contributed by atoms with Gasteiger partial charge in [0.05, 0.1) is 18.7 Å². The maximum Gasteiger partial charge on any atom is 0.301 e. The predicted molar refractivity (Wildman–Crippen MR) is 107 cm³/mol. The van der Waals surface area contributed by atoms with E-state index in [1.54, 1.807) is 43.3 Å². The van der Waals surface area contributed by atoms with Crippen LogP contribution in [0.25, 0.3) is 5.76 Å². The molecule has 0 bridgehead atoms. The Morgan fingerprint density at radius 1 is 1.13 bits per heavy atom. The third-order valence-corrected chi connectivity index (χ3v) is 4.87. The quantitative estimate of drug-likeness (QED) is 0.388.